The Morgan fingerprint density at radius 2 is 1.88 bits per heavy atom. The monoisotopic (exact) mass is 330 g/mol. The quantitative estimate of drug-likeness (QED) is 0.579. The molecule has 0 saturated carbocycles. The molecule has 0 aliphatic heterocycles. The zero-order valence-corrected chi connectivity index (χ0v) is 14.1. The second kappa shape index (κ2) is 6.02. The Balaban J connectivity index is 1.73. The van der Waals surface area contributed by atoms with Crippen molar-refractivity contribution in [1.82, 2.24) is 14.6 Å². The Hall–Kier alpha value is -3.21. The minimum absolute atomic E-state index is 0.212. The summed E-state index contributed by atoms with van der Waals surface area (Å²) in [5.41, 5.74) is 4.04. The number of aromatic amines is 1. The maximum absolute atomic E-state index is 12.6. The Kier molecular flexibility index (Phi) is 3.69. The van der Waals surface area contributed by atoms with Crippen LogP contribution in [0.3, 0.4) is 0 Å². The maximum atomic E-state index is 12.6. The van der Waals surface area contributed by atoms with Gasteiger partial charge in [0.15, 0.2) is 0 Å². The molecular weight excluding hydrogens is 312 g/mol. The number of hydrogen-bond donors (Lipinski definition) is 1. The molecule has 2 heterocycles. The number of hydrogen-bond acceptors (Lipinski definition) is 3. The van der Waals surface area contributed by atoms with E-state index in [0.717, 1.165) is 16.5 Å². The smallest absolute Gasteiger partial charge is 0.298 e. The molecule has 5 nitrogen and oxygen atoms in total. The lowest BCUT2D eigenvalue weighted by Gasteiger charge is -2.04. The highest BCUT2D eigenvalue weighted by Gasteiger charge is 2.09. The van der Waals surface area contributed by atoms with Crippen LogP contribution in [0.25, 0.3) is 21.9 Å². The first-order valence-electron chi connectivity index (χ1n) is 8.26. The summed E-state index contributed by atoms with van der Waals surface area (Å²) in [4.78, 5) is 20.2. The van der Waals surface area contributed by atoms with Gasteiger partial charge in [-0.1, -0.05) is 56.3 Å². The van der Waals surface area contributed by atoms with E-state index in [-0.39, 0.29) is 5.56 Å². The summed E-state index contributed by atoms with van der Waals surface area (Å²) >= 11 is 0. The number of aromatic nitrogens is 3. The van der Waals surface area contributed by atoms with Crippen molar-refractivity contribution in [3.05, 3.63) is 76.3 Å². The molecule has 0 aliphatic rings. The Bertz CT molecular complexity index is 1130. The van der Waals surface area contributed by atoms with Gasteiger partial charge in [0, 0.05) is 10.9 Å². The number of nitrogens with one attached hydrogen (secondary N) is 1. The van der Waals surface area contributed by atoms with E-state index in [4.69, 9.17) is 0 Å². The largest absolute Gasteiger partial charge is 0.349 e. The van der Waals surface area contributed by atoms with E-state index in [1.54, 1.807) is 6.21 Å². The third-order valence-electron chi connectivity index (χ3n) is 4.33. The van der Waals surface area contributed by atoms with Crippen LogP contribution < -0.4 is 5.56 Å². The van der Waals surface area contributed by atoms with Gasteiger partial charge in [0.25, 0.3) is 5.56 Å². The molecule has 0 unspecified atom stereocenters. The molecule has 0 fully saturated rings. The Morgan fingerprint density at radius 1 is 1.12 bits per heavy atom. The van der Waals surface area contributed by atoms with Gasteiger partial charge in [0.2, 0.25) is 0 Å². The van der Waals surface area contributed by atoms with Crippen molar-refractivity contribution in [3.63, 3.8) is 0 Å². The molecule has 25 heavy (non-hydrogen) atoms. The lowest BCUT2D eigenvalue weighted by atomic mass is 10.0. The van der Waals surface area contributed by atoms with Crippen LogP contribution in [-0.2, 0) is 0 Å². The summed E-state index contributed by atoms with van der Waals surface area (Å²) in [6, 6.07) is 15.9. The first kappa shape index (κ1) is 15.3. The highest BCUT2D eigenvalue weighted by Crippen LogP contribution is 2.20. The zero-order chi connectivity index (χ0) is 17.4. The van der Waals surface area contributed by atoms with Crippen molar-refractivity contribution in [1.29, 1.82) is 0 Å². The molecule has 2 aromatic heterocycles. The van der Waals surface area contributed by atoms with E-state index in [9.17, 15) is 4.79 Å². The van der Waals surface area contributed by atoms with Crippen LogP contribution >= 0.6 is 0 Å². The molecule has 0 radical (unpaired) electrons. The third kappa shape index (κ3) is 2.74. The summed E-state index contributed by atoms with van der Waals surface area (Å²) in [7, 11) is 0. The second-order valence-corrected chi connectivity index (χ2v) is 6.35. The lowest BCUT2D eigenvalue weighted by Crippen LogP contribution is -2.17. The topological polar surface area (TPSA) is 63.0 Å². The molecule has 0 aliphatic carbocycles. The average Bonchev–Trinajstić information content (AvgIpc) is 3.01. The first-order chi connectivity index (χ1) is 12.1. The van der Waals surface area contributed by atoms with E-state index < -0.39 is 0 Å². The molecule has 5 heteroatoms. The lowest BCUT2D eigenvalue weighted by molar-refractivity contribution is 0.815. The number of rotatable bonds is 3. The van der Waals surface area contributed by atoms with Crippen molar-refractivity contribution >= 4 is 28.2 Å². The van der Waals surface area contributed by atoms with E-state index in [0.29, 0.717) is 17.0 Å². The van der Waals surface area contributed by atoms with Crippen molar-refractivity contribution in [2.45, 2.75) is 19.8 Å². The van der Waals surface area contributed by atoms with Crippen LogP contribution in [0.5, 0.6) is 0 Å². The van der Waals surface area contributed by atoms with Crippen LogP contribution in [0.2, 0.25) is 0 Å². The second-order valence-electron chi connectivity index (χ2n) is 6.35. The molecule has 2 aromatic carbocycles. The van der Waals surface area contributed by atoms with Gasteiger partial charge >= 0.3 is 0 Å². The van der Waals surface area contributed by atoms with Gasteiger partial charge in [0.05, 0.1) is 6.21 Å². The molecule has 1 N–H and O–H groups in total. The van der Waals surface area contributed by atoms with Crippen LogP contribution in [0.1, 0.15) is 30.9 Å². The molecule has 0 saturated heterocycles. The molecule has 4 rings (SSSR count). The van der Waals surface area contributed by atoms with Crippen LogP contribution in [0.15, 0.2) is 64.8 Å². The number of H-pyrrole nitrogens is 1. The van der Waals surface area contributed by atoms with Crippen LogP contribution in [-0.4, -0.2) is 20.9 Å². The summed E-state index contributed by atoms with van der Waals surface area (Å²) in [5, 5.41) is 5.21. The molecule has 0 atom stereocenters. The molecular formula is C20H18N4O. The maximum Gasteiger partial charge on any atom is 0.298 e. The van der Waals surface area contributed by atoms with E-state index >= 15 is 0 Å². The fourth-order valence-corrected chi connectivity index (χ4v) is 2.87. The Morgan fingerprint density at radius 3 is 2.64 bits per heavy atom. The molecule has 0 amide bonds. The number of fused-ring (bicyclic) bond motifs is 3. The van der Waals surface area contributed by atoms with Gasteiger partial charge in [-0.15, -0.1) is 0 Å². The SMILES string of the molecule is CC(C)c1ccc(/C=N/n2cnc3c([nH]c4ccccc43)c2=O)cc1. The minimum Gasteiger partial charge on any atom is -0.349 e. The summed E-state index contributed by atoms with van der Waals surface area (Å²) in [6.45, 7) is 4.31. The standard InChI is InChI=1S/C20H18N4O/c1-13(2)15-9-7-14(8-10-15)11-22-24-12-21-18-16-5-3-4-6-17(16)23-19(18)20(24)25/h3-13,23H,1-2H3/b22-11+. The third-order valence-corrected chi connectivity index (χ3v) is 4.33. The molecule has 124 valence electrons. The van der Waals surface area contributed by atoms with Crippen molar-refractivity contribution in [2.24, 2.45) is 5.10 Å². The molecule has 0 spiro atoms. The van der Waals surface area contributed by atoms with Gasteiger partial charge in [-0.25, -0.2) is 4.98 Å². The molecule has 4 aromatic rings. The summed E-state index contributed by atoms with van der Waals surface area (Å²) in [6.07, 6.45) is 3.13. The van der Waals surface area contributed by atoms with Gasteiger partial charge in [-0.3, -0.25) is 4.79 Å². The summed E-state index contributed by atoms with van der Waals surface area (Å²) < 4.78 is 1.26. The van der Waals surface area contributed by atoms with Gasteiger partial charge in [0.1, 0.15) is 17.4 Å². The fourth-order valence-electron chi connectivity index (χ4n) is 2.87. The van der Waals surface area contributed by atoms with Crippen molar-refractivity contribution in [3.8, 4) is 0 Å². The van der Waals surface area contributed by atoms with Crippen molar-refractivity contribution in [2.75, 3.05) is 0 Å². The molecule has 0 bridgehead atoms. The van der Waals surface area contributed by atoms with E-state index in [1.165, 1.54) is 16.6 Å². The van der Waals surface area contributed by atoms with E-state index in [1.807, 2.05) is 36.4 Å². The number of benzene rings is 2. The first-order valence-corrected chi connectivity index (χ1v) is 8.26. The predicted molar refractivity (Wildman–Crippen MR) is 101 cm³/mol. The Labute approximate surface area is 144 Å². The predicted octanol–water partition coefficient (Wildman–Crippen LogP) is 3.88. The zero-order valence-electron chi connectivity index (χ0n) is 14.1. The van der Waals surface area contributed by atoms with Gasteiger partial charge < -0.3 is 4.98 Å². The van der Waals surface area contributed by atoms with Gasteiger partial charge in [-0.05, 0) is 23.1 Å². The number of para-hydroxylation sites is 1. The summed E-state index contributed by atoms with van der Waals surface area (Å²) in [5.74, 6) is 0.488. The highest BCUT2D eigenvalue weighted by molar-refractivity contribution is 6.04. The van der Waals surface area contributed by atoms with Crippen molar-refractivity contribution < 1.29 is 0 Å². The van der Waals surface area contributed by atoms with E-state index in [2.05, 4.69) is 41.0 Å². The average molecular weight is 330 g/mol. The number of nitrogens with zero attached hydrogens (tertiary/aromatic N) is 3. The minimum atomic E-state index is -0.212. The fraction of sp³-hybridized carbons (Fsp3) is 0.150. The van der Waals surface area contributed by atoms with Crippen LogP contribution in [0, 0.1) is 0 Å². The highest BCUT2D eigenvalue weighted by atomic mass is 16.1. The van der Waals surface area contributed by atoms with Gasteiger partial charge in [-0.2, -0.15) is 9.78 Å². The normalized spacial score (nSPS) is 12.0. The van der Waals surface area contributed by atoms with Crippen LogP contribution in [0.4, 0.5) is 0 Å².